The van der Waals surface area contributed by atoms with E-state index in [-0.39, 0.29) is 11.1 Å². The van der Waals surface area contributed by atoms with E-state index in [0.29, 0.717) is 19.1 Å². The molecule has 0 atom stereocenters. The molecule has 0 spiro atoms. The van der Waals surface area contributed by atoms with Crippen LogP contribution in [0.3, 0.4) is 0 Å². The molecule has 2 N–H and O–H groups in total. The van der Waals surface area contributed by atoms with Crippen molar-refractivity contribution in [3.63, 3.8) is 0 Å². The quantitative estimate of drug-likeness (QED) is 0.818. The molecule has 0 fully saturated rings. The van der Waals surface area contributed by atoms with E-state index >= 15 is 0 Å². The van der Waals surface area contributed by atoms with Gasteiger partial charge in [-0.1, -0.05) is 38.1 Å². The third kappa shape index (κ3) is 4.84. The Morgan fingerprint density at radius 2 is 1.67 bits per heavy atom. The van der Waals surface area contributed by atoms with Crippen LogP contribution in [0.25, 0.3) is 0 Å². The van der Waals surface area contributed by atoms with Crippen LogP contribution in [-0.4, -0.2) is 23.6 Å². The maximum Gasteiger partial charge on any atom is 0.336 e. The van der Waals surface area contributed by atoms with Gasteiger partial charge < -0.3 is 15.2 Å². The third-order valence-corrected chi connectivity index (χ3v) is 3.36. The first-order valence-corrected chi connectivity index (χ1v) is 7.79. The van der Waals surface area contributed by atoms with Crippen molar-refractivity contribution in [1.29, 1.82) is 0 Å². The number of carbonyl (C=O) groups is 2. The first kappa shape index (κ1) is 17.5. The van der Waals surface area contributed by atoms with Gasteiger partial charge in [-0.2, -0.15) is 0 Å². The molecule has 5 nitrogen and oxygen atoms in total. The molecule has 0 aliphatic heterocycles. The Bertz CT molecular complexity index is 708. The zero-order valence-corrected chi connectivity index (χ0v) is 13.8. The standard InChI is InChI=1S/C19H21NO4/c1-13(2)12-24-15-9-7-14(8-10-15)11-20-18(21)16-5-3-4-6-17(16)19(22)23/h3-10,13H,11-12H2,1-2H3,(H,20,21)(H,22,23). The first-order valence-electron chi connectivity index (χ1n) is 7.79. The summed E-state index contributed by atoms with van der Waals surface area (Å²) in [5, 5.41) is 11.9. The number of amides is 1. The molecule has 2 rings (SSSR count). The number of rotatable bonds is 7. The molecule has 0 bridgehead atoms. The van der Waals surface area contributed by atoms with Crippen LogP contribution in [-0.2, 0) is 6.54 Å². The molecule has 0 saturated carbocycles. The third-order valence-electron chi connectivity index (χ3n) is 3.36. The summed E-state index contributed by atoms with van der Waals surface area (Å²) in [6.07, 6.45) is 0. The van der Waals surface area contributed by atoms with E-state index in [9.17, 15) is 9.59 Å². The molecule has 0 aliphatic carbocycles. The fourth-order valence-electron chi connectivity index (χ4n) is 2.11. The van der Waals surface area contributed by atoms with Crippen LogP contribution in [0, 0.1) is 5.92 Å². The number of hydrogen-bond donors (Lipinski definition) is 2. The molecule has 0 radical (unpaired) electrons. The highest BCUT2D eigenvalue weighted by Gasteiger charge is 2.15. The highest BCUT2D eigenvalue weighted by molar-refractivity contribution is 6.04. The van der Waals surface area contributed by atoms with Gasteiger partial charge in [0.05, 0.1) is 17.7 Å². The predicted molar refractivity (Wildman–Crippen MR) is 91.3 cm³/mol. The van der Waals surface area contributed by atoms with Crippen molar-refractivity contribution in [1.82, 2.24) is 5.32 Å². The lowest BCUT2D eigenvalue weighted by Gasteiger charge is -2.10. The second kappa shape index (κ2) is 8.15. The van der Waals surface area contributed by atoms with Crippen molar-refractivity contribution in [3.05, 3.63) is 65.2 Å². The zero-order valence-electron chi connectivity index (χ0n) is 13.8. The van der Waals surface area contributed by atoms with E-state index in [1.807, 2.05) is 24.3 Å². The molecule has 2 aromatic carbocycles. The van der Waals surface area contributed by atoms with Gasteiger partial charge in [0.1, 0.15) is 5.75 Å². The summed E-state index contributed by atoms with van der Waals surface area (Å²) in [4.78, 5) is 23.3. The van der Waals surface area contributed by atoms with Crippen molar-refractivity contribution in [2.24, 2.45) is 5.92 Å². The topological polar surface area (TPSA) is 75.6 Å². The van der Waals surface area contributed by atoms with E-state index in [4.69, 9.17) is 9.84 Å². The van der Waals surface area contributed by atoms with E-state index in [1.54, 1.807) is 12.1 Å². The molecule has 2 aromatic rings. The van der Waals surface area contributed by atoms with Gasteiger partial charge in [-0.25, -0.2) is 4.79 Å². The summed E-state index contributed by atoms with van der Waals surface area (Å²) < 4.78 is 5.61. The van der Waals surface area contributed by atoms with Crippen molar-refractivity contribution >= 4 is 11.9 Å². The Labute approximate surface area is 141 Å². The Hall–Kier alpha value is -2.82. The predicted octanol–water partition coefficient (Wildman–Crippen LogP) is 3.35. The van der Waals surface area contributed by atoms with Crippen LogP contribution in [0.2, 0.25) is 0 Å². The number of carboxylic acids is 1. The lowest BCUT2D eigenvalue weighted by atomic mass is 10.1. The maximum atomic E-state index is 12.2. The number of carbonyl (C=O) groups excluding carboxylic acids is 1. The first-order chi connectivity index (χ1) is 11.5. The van der Waals surface area contributed by atoms with Crippen molar-refractivity contribution in [2.75, 3.05) is 6.61 Å². The summed E-state index contributed by atoms with van der Waals surface area (Å²) >= 11 is 0. The molecule has 0 heterocycles. The number of benzene rings is 2. The highest BCUT2D eigenvalue weighted by atomic mass is 16.5. The molecule has 0 unspecified atom stereocenters. The van der Waals surface area contributed by atoms with Crippen LogP contribution < -0.4 is 10.1 Å². The molecule has 5 heteroatoms. The van der Waals surface area contributed by atoms with Crippen LogP contribution in [0.4, 0.5) is 0 Å². The summed E-state index contributed by atoms with van der Waals surface area (Å²) in [7, 11) is 0. The minimum absolute atomic E-state index is 0.00701. The smallest absolute Gasteiger partial charge is 0.336 e. The summed E-state index contributed by atoms with van der Waals surface area (Å²) in [5.74, 6) is -0.284. The lowest BCUT2D eigenvalue weighted by molar-refractivity contribution is 0.0691. The number of aromatic carboxylic acids is 1. The van der Waals surface area contributed by atoms with Gasteiger partial charge in [0, 0.05) is 6.54 Å². The van der Waals surface area contributed by atoms with Gasteiger partial charge in [0.25, 0.3) is 5.91 Å². The van der Waals surface area contributed by atoms with E-state index in [1.165, 1.54) is 12.1 Å². The largest absolute Gasteiger partial charge is 0.493 e. The van der Waals surface area contributed by atoms with Crippen LogP contribution in [0.1, 0.15) is 40.1 Å². The number of nitrogens with one attached hydrogen (secondary N) is 1. The average molecular weight is 327 g/mol. The average Bonchev–Trinajstić information content (AvgIpc) is 2.58. The fourth-order valence-corrected chi connectivity index (χ4v) is 2.11. The van der Waals surface area contributed by atoms with Gasteiger partial charge in [0.2, 0.25) is 0 Å². The van der Waals surface area contributed by atoms with E-state index in [2.05, 4.69) is 19.2 Å². The van der Waals surface area contributed by atoms with Gasteiger partial charge in [0.15, 0.2) is 0 Å². The van der Waals surface area contributed by atoms with E-state index in [0.717, 1.165) is 11.3 Å². The number of carboxylic acid groups (broad SMARTS) is 1. The minimum atomic E-state index is -1.12. The van der Waals surface area contributed by atoms with E-state index < -0.39 is 11.9 Å². The van der Waals surface area contributed by atoms with Gasteiger partial charge in [-0.05, 0) is 35.7 Å². The van der Waals surface area contributed by atoms with Crippen molar-refractivity contribution in [3.8, 4) is 5.75 Å². The van der Waals surface area contributed by atoms with Gasteiger partial charge in [-0.3, -0.25) is 4.79 Å². The molecule has 126 valence electrons. The zero-order chi connectivity index (χ0) is 17.5. The SMILES string of the molecule is CC(C)COc1ccc(CNC(=O)c2ccccc2C(=O)O)cc1. The lowest BCUT2D eigenvalue weighted by Crippen LogP contribution is -2.24. The molecule has 0 aromatic heterocycles. The van der Waals surface area contributed by atoms with Crippen molar-refractivity contribution in [2.45, 2.75) is 20.4 Å². The summed E-state index contributed by atoms with van der Waals surface area (Å²) in [5.41, 5.74) is 1.06. The second-order valence-corrected chi connectivity index (χ2v) is 5.88. The molecule has 24 heavy (non-hydrogen) atoms. The second-order valence-electron chi connectivity index (χ2n) is 5.88. The van der Waals surface area contributed by atoms with Crippen LogP contribution in [0.15, 0.2) is 48.5 Å². The molecular weight excluding hydrogens is 306 g/mol. The molecule has 1 amide bonds. The summed E-state index contributed by atoms with van der Waals surface area (Å²) in [6, 6.07) is 13.6. The Balaban J connectivity index is 1.96. The van der Waals surface area contributed by atoms with Crippen molar-refractivity contribution < 1.29 is 19.4 Å². The van der Waals surface area contributed by atoms with Gasteiger partial charge in [-0.15, -0.1) is 0 Å². The van der Waals surface area contributed by atoms with Crippen LogP contribution >= 0.6 is 0 Å². The molecule has 0 saturated heterocycles. The molecular formula is C19H21NO4. The highest BCUT2D eigenvalue weighted by Crippen LogP contribution is 2.14. The Kier molecular flexibility index (Phi) is 5.95. The maximum absolute atomic E-state index is 12.2. The van der Waals surface area contributed by atoms with Crippen LogP contribution in [0.5, 0.6) is 5.75 Å². The number of hydrogen-bond acceptors (Lipinski definition) is 3. The minimum Gasteiger partial charge on any atom is -0.493 e. The normalized spacial score (nSPS) is 10.5. The van der Waals surface area contributed by atoms with Gasteiger partial charge >= 0.3 is 5.97 Å². The number of ether oxygens (including phenoxy) is 1. The fraction of sp³-hybridized carbons (Fsp3) is 0.263. The summed E-state index contributed by atoms with van der Waals surface area (Å²) in [6.45, 7) is 5.14. The molecule has 0 aliphatic rings. The Morgan fingerprint density at radius 3 is 2.25 bits per heavy atom. The Morgan fingerprint density at radius 1 is 1.04 bits per heavy atom. The monoisotopic (exact) mass is 327 g/mol.